The maximum atomic E-state index is 5.45. The zero-order chi connectivity index (χ0) is 9.10. The molecule has 0 aromatic rings. The van der Waals surface area contributed by atoms with E-state index in [0.29, 0.717) is 0 Å². The molecule has 0 atom stereocenters. The Labute approximate surface area is 99.4 Å². The average Bonchev–Trinajstić information content (AvgIpc) is 2.74. The monoisotopic (exact) mass is 313 g/mol. The van der Waals surface area contributed by atoms with Crippen LogP contribution in [0.4, 0.5) is 0 Å². The van der Waals surface area contributed by atoms with E-state index in [1.165, 1.54) is 41.8 Å². The first-order valence-electron chi connectivity index (χ1n) is 4.39. The van der Waals surface area contributed by atoms with Crippen molar-refractivity contribution in [2.45, 2.75) is 12.8 Å². The molecule has 0 saturated carbocycles. The Morgan fingerprint density at radius 2 is 1.85 bits per heavy atom. The van der Waals surface area contributed by atoms with Gasteiger partial charge in [0.15, 0.2) is 0 Å². The molecule has 0 N–H and O–H groups in total. The SMILES string of the molecule is S=C(S[As]1SCCS1)N1CCCC1. The van der Waals surface area contributed by atoms with Crippen molar-refractivity contribution in [1.82, 2.24) is 4.90 Å². The minimum atomic E-state index is -0.693. The van der Waals surface area contributed by atoms with Gasteiger partial charge in [0, 0.05) is 0 Å². The van der Waals surface area contributed by atoms with Crippen LogP contribution in [0.15, 0.2) is 0 Å². The van der Waals surface area contributed by atoms with Crippen LogP contribution in [0.2, 0.25) is 0 Å². The zero-order valence-electron chi connectivity index (χ0n) is 7.27. The molecule has 2 aliphatic heterocycles. The Morgan fingerprint density at radius 3 is 2.46 bits per heavy atom. The summed E-state index contributed by atoms with van der Waals surface area (Å²) < 4.78 is 1.19. The molecule has 2 saturated heterocycles. The average molecular weight is 313 g/mol. The van der Waals surface area contributed by atoms with Crippen molar-refractivity contribution in [2.24, 2.45) is 0 Å². The third kappa shape index (κ3) is 3.23. The zero-order valence-corrected chi connectivity index (χ0v) is 12.4. The molecule has 1 nitrogen and oxygen atoms in total. The molecule has 6 heteroatoms. The van der Waals surface area contributed by atoms with Gasteiger partial charge in [-0.15, -0.1) is 0 Å². The number of thiocarbonyl (C=S) groups is 1. The van der Waals surface area contributed by atoms with Gasteiger partial charge >= 0.3 is 100 Å². The van der Waals surface area contributed by atoms with Crippen molar-refractivity contribution < 1.29 is 0 Å². The van der Waals surface area contributed by atoms with E-state index in [4.69, 9.17) is 12.2 Å². The number of hydrogen-bond acceptors (Lipinski definition) is 4. The van der Waals surface area contributed by atoms with Crippen LogP contribution in [-0.4, -0.2) is 45.0 Å². The fourth-order valence-electron chi connectivity index (χ4n) is 1.33. The van der Waals surface area contributed by atoms with E-state index >= 15 is 0 Å². The van der Waals surface area contributed by atoms with Gasteiger partial charge in [0.2, 0.25) is 0 Å². The summed E-state index contributed by atoms with van der Waals surface area (Å²) in [6, 6.07) is 0. The molecule has 0 radical (unpaired) electrons. The van der Waals surface area contributed by atoms with Crippen LogP contribution in [0.3, 0.4) is 0 Å². The van der Waals surface area contributed by atoms with Gasteiger partial charge < -0.3 is 0 Å². The van der Waals surface area contributed by atoms with Crippen molar-refractivity contribution in [3.05, 3.63) is 0 Å². The Kier molecular flexibility index (Phi) is 4.69. The standard InChI is InChI=1S/C7H12AsNS4/c10-7(9-3-1-2-4-9)13-8-11-5-6-12-8/h1-6H2. The molecule has 74 valence electrons. The van der Waals surface area contributed by atoms with Crippen LogP contribution in [0.25, 0.3) is 0 Å². The van der Waals surface area contributed by atoms with Gasteiger partial charge in [-0.3, -0.25) is 0 Å². The van der Waals surface area contributed by atoms with E-state index in [-0.39, 0.29) is 0 Å². The third-order valence-corrected chi connectivity index (χ3v) is 21.2. The van der Waals surface area contributed by atoms with Gasteiger partial charge in [-0.2, -0.15) is 0 Å². The van der Waals surface area contributed by atoms with Crippen LogP contribution in [0.5, 0.6) is 0 Å². The Bertz CT molecular complexity index is 189. The van der Waals surface area contributed by atoms with Gasteiger partial charge in [-0.05, 0) is 0 Å². The summed E-state index contributed by atoms with van der Waals surface area (Å²) in [4.78, 5) is 2.40. The second-order valence-corrected chi connectivity index (χ2v) is 20.1. The quantitative estimate of drug-likeness (QED) is 0.539. The van der Waals surface area contributed by atoms with E-state index < -0.39 is 11.2 Å². The van der Waals surface area contributed by atoms with Crippen LogP contribution < -0.4 is 0 Å². The molecule has 0 unspecified atom stereocenters. The number of hydrogen-bond donors (Lipinski definition) is 0. The van der Waals surface area contributed by atoms with Gasteiger partial charge in [-0.1, -0.05) is 0 Å². The molecule has 2 aliphatic rings. The fraction of sp³-hybridized carbons (Fsp3) is 0.857. The predicted molar refractivity (Wildman–Crippen MR) is 71.7 cm³/mol. The van der Waals surface area contributed by atoms with Crippen molar-refractivity contribution in [2.75, 3.05) is 24.6 Å². The molecule has 2 heterocycles. The van der Waals surface area contributed by atoms with Gasteiger partial charge in [0.05, 0.1) is 0 Å². The summed E-state index contributed by atoms with van der Waals surface area (Å²) >= 11 is 4.76. The van der Waals surface area contributed by atoms with E-state index in [1.54, 1.807) is 0 Å². The summed E-state index contributed by atoms with van der Waals surface area (Å²) in [5, 5.41) is 0. The van der Waals surface area contributed by atoms with Crippen LogP contribution >= 0.6 is 42.3 Å². The third-order valence-electron chi connectivity index (χ3n) is 1.99. The Morgan fingerprint density at radius 1 is 1.23 bits per heavy atom. The van der Waals surface area contributed by atoms with E-state index in [0.717, 1.165) is 0 Å². The molecule has 0 bridgehead atoms. The molecule has 0 aliphatic carbocycles. The molecule has 0 aromatic carbocycles. The van der Waals surface area contributed by atoms with E-state index in [9.17, 15) is 0 Å². The maximum absolute atomic E-state index is 5.45. The molecular formula is C7H12AsNS4. The summed E-state index contributed by atoms with van der Waals surface area (Å²) in [5.41, 5.74) is 0. The van der Waals surface area contributed by atoms with Crippen molar-refractivity contribution in [3.63, 3.8) is 0 Å². The molecule has 13 heavy (non-hydrogen) atoms. The van der Waals surface area contributed by atoms with Gasteiger partial charge in [0.25, 0.3) is 0 Å². The van der Waals surface area contributed by atoms with Crippen molar-refractivity contribution in [1.29, 1.82) is 0 Å². The minimum absolute atomic E-state index is 0.693. The first kappa shape index (κ1) is 11.0. The van der Waals surface area contributed by atoms with E-state index in [1.807, 2.05) is 10.0 Å². The van der Waals surface area contributed by atoms with Crippen LogP contribution in [0.1, 0.15) is 12.8 Å². The van der Waals surface area contributed by atoms with E-state index in [2.05, 4.69) is 24.9 Å². The van der Waals surface area contributed by atoms with Crippen LogP contribution in [-0.2, 0) is 0 Å². The molecule has 2 fully saturated rings. The second kappa shape index (κ2) is 5.55. The van der Waals surface area contributed by atoms with Crippen LogP contribution in [0, 0.1) is 0 Å². The second-order valence-electron chi connectivity index (χ2n) is 2.94. The molecule has 0 aromatic heterocycles. The normalized spacial score (nSPS) is 24.2. The van der Waals surface area contributed by atoms with Gasteiger partial charge in [-0.25, -0.2) is 0 Å². The number of rotatable bonds is 1. The molecule has 0 spiro atoms. The Hall–Kier alpha value is 1.50. The summed E-state index contributed by atoms with van der Waals surface area (Å²) in [7, 11) is 6.41. The molecule has 0 amide bonds. The molecule has 2 rings (SSSR count). The summed E-state index contributed by atoms with van der Waals surface area (Å²) in [6.45, 7) is 2.42. The first-order valence-corrected chi connectivity index (χ1v) is 14.4. The predicted octanol–water partition coefficient (Wildman–Crippen LogP) is 2.57. The summed E-state index contributed by atoms with van der Waals surface area (Å²) in [5.74, 6) is 2.72. The topological polar surface area (TPSA) is 3.24 Å². The number of likely N-dealkylation sites (tertiary alicyclic amines) is 1. The van der Waals surface area contributed by atoms with Crippen molar-refractivity contribution >= 4 is 57.8 Å². The van der Waals surface area contributed by atoms with Crippen molar-refractivity contribution in [3.8, 4) is 0 Å². The first-order chi connectivity index (χ1) is 6.36. The number of nitrogens with zero attached hydrogens (tertiary/aromatic N) is 1. The summed E-state index contributed by atoms with van der Waals surface area (Å²) in [6.07, 6.45) is 2.68. The fourth-order valence-corrected chi connectivity index (χ4v) is 22.7. The van der Waals surface area contributed by atoms with Gasteiger partial charge in [0.1, 0.15) is 0 Å². The molecular weight excluding hydrogens is 301 g/mol. The Balaban J connectivity index is 1.76.